The fourth-order valence-electron chi connectivity index (χ4n) is 9.84. The molecule has 8 nitrogen and oxygen atoms in total. The molecule has 1 aliphatic heterocycles. The highest BCUT2D eigenvalue weighted by atomic mass is 16.7. The Morgan fingerprint density at radius 1 is 1.02 bits per heavy atom. The molecule has 0 aromatic heterocycles. The highest BCUT2D eigenvalue weighted by Gasteiger charge is 2.66. The van der Waals surface area contributed by atoms with E-state index in [0.717, 1.165) is 57.8 Å². The summed E-state index contributed by atoms with van der Waals surface area (Å²) in [5.74, 6) is 0.778. The summed E-state index contributed by atoms with van der Waals surface area (Å²) in [5, 5.41) is 46.4. The molecule has 1 amide bonds. The largest absolute Gasteiger partial charge is 0.389 e. The predicted molar refractivity (Wildman–Crippen MR) is 162 cm³/mol. The molecule has 0 radical (unpaired) electrons. The molecule has 4 aliphatic carbocycles. The Balaban J connectivity index is 1.19. The number of carbonyl (C=O) groups excluding carboxylic acids is 1. The van der Waals surface area contributed by atoms with Crippen molar-refractivity contribution >= 4 is 5.91 Å². The summed E-state index contributed by atoms with van der Waals surface area (Å²) in [4.78, 5) is 12.7. The molecule has 8 heteroatoms. The van der Waals surface area contributed by atoms with E-state index in [2.05, 4.69) is 37.4 Å². The number of benzene rings is 1. The van der Waals surface area contributed by atoms with Crippen LogP contribution in [0.25, 0.3) is 0 Å². The smallest absolute Gasteiger partial charge is 0.251 e. The van der Waals surface area contributed by atoms with Gasteiger partial charge in [-0.25, -0.2) is 0 Å². The minimum absolute atomic E-state index is 0.0236. The molecule has 0 bridgehead atoms. The monoisotopic (exact) mass is 597 g/mol. The number of ether oxygens (including phenoxy) is 2. The first-order valence-corrected chi connectivity index (χ1v) is 16.6. The van der Waals surface area contributed by atoms with Crippen LogP contribution >= 0.6 is 0 Å². The van der Waals surface area contributed by atoms with Gasteiger partial charge in [0.1, 0.15) is 18.3 Å². The van der Waals surface area contributed by atoms with E-state index in [9.17, 15) is 25.2 Å². The molecule has 0 unspecified atom stereocenters. The Labute approximate surface area is 255 Å². The highest BCUT2D eigenvalue weighted by molar-refractivity contribution is 5.94. The second-order valence-corrected chi connectivity index (χ2v) is 14.6. The van der Waals surface area contributed by atoms with Gasteiger partial charge in [0.25, 0.3) is 5.91 Å². The van der Waals surface area contributed by atoms with E-state index in [4.69, 9.17) is 9.47 Å². The van der Waals surface area contributed by atoms with Crippen molar-refractivity contribution in [3.8, 4) is 0 Å². The van der Waals surface area contributed by atoms with Crippen molar-refractivity contribution in [3.05, 3.63) is 47.0 Å². The second kappa shape index (κ2) is 11.5. The Kier molecular flexibility index (Phi) is 8.36. The molecule has 1 saturated heterocycles. The van der Waals surface area contributed by atoms with E-state index in [1.54, 1.807) is 6.92 Å². The lowest BCUT2D eigenvalue weighted by atomic mass is 9.45. The van der Waals surface area contributed by atoms with Crippen LogP contribution in [0.1, 0.15) is 107 Å². The van der Waals surface area contributed by atoms with Crippen molar-refractivity contribution in [3.63, 3.8) is 0 Å². The zero-order valence-electron chi connectivity index (χ0n) is 26.2. The lowest BCUT2D eigenvalue weighted by Crippen LogP contribution is -2.60. The summed E-state index contributed by atoms with van der Waals surface area (Å²) in [7, 11) is 0. The first-order chi connectivity index (χ1) is 20.4. The normalized spacial score (nSPS) is 45.9. The number of fused-ring (bicyclic) bond motifs is 5. The van der Waals surface area contributed by atoms with Gasteiger partial charge in [0.05, 0.1) is 17.8 Å². The fourth-order valence-corrected chi connectivity index (χ4v) is 9.84. The van der Waals surface area contributed by atoms with Crippen molar-refractivity contribution in [1.82, 2.24) is 5.32 Å². The van der Waals surface area contributed by atoms with Crippen LogP contribution in [0.4, 0.5) is 0 Å². The number of aliphatic hydroxyl groups is 4. The molecule has 1 aromatic rings. The molecular formula is C35H51NO7. The molecule has 5 aliphatic rings. The average molecular weight is 598 g/mol. The Morgan fingerprint density at radius 2 is 1.81 bits per heavy atom. The fraction of sp³-hybridized carbons (Fsp3) is 0.743. The molecular weight excluding hydrogens is 546 g/mol. The summed E-state index contributed by atoms with van der Waals surface area (Å²) in [6, 6.07) is 8.07. The number of hydrogen-bond donors (Lipinski definition) is 5. The SMILES string of the molecule is CCCNC(=O)c1cccc([C@H]2CC[C@]3(O)[C@@H]4CCC5=C[C@@H](O[C@@H]6O[C@@H](C)[C@H](O)[C@@H](O)[C@H]6O)CC[C@]5(C)[C@H]4CC[C@]23C)c1. The van der Waals surface area contributed by atoms with Crippen molar-refractivity contribution in [2.75, 3.05) is 6.54 Å². The summed E-state index contributed by atoms with van der Waals surface area (Å²) in [5.41, 5.74) is 2.21. The van der Waals surface area contributed by atoms with Gasteiger partial charge in [0.2, 0.25) is 0 Å². The molecule has 6 rings (SSSR count). The van der Waals surface area contributed by atoms with Crippen LogP contribution in [0.3, 0.4) is 0 Å². The molecule has 238 valence electrons. The highest BCUT2D eigenvalue weighted by Crippen LogP contribution is 2.70. The third kappa shape index (κ3) is 5.01. The predicted octanol–water partition coefficient (Wildman–Crippen LogP) is 4.20. The van der Waals surface area contributed by atoms with Crippen LogP contribution in [0.5, 0.6) is 0 Å². The number of allylic oxidation sites excluding steroid dienone is 1. The van der Waals surface area contributed by atoms with Gasteiger partial charge in [-0.15, -0.1) is 0 Å². The minimum atomic E-state index is -1.31. The standard InChI is InChI=1S/C35H51NO7/c1-5-17-36-31(40)22-8-6-7-21(18-22)25-13-16-35(41)27-10-9-23-19-24(43-32-30(39)29(38)28(37)20(2)42-32)11-14-33(23,3)26(27)12-15-34(25,35)4/h6-8,18-20,24-30,32,37-39,41H,5,9-17H2,1-4H3,(H,36,40)/t20-,24-,25+,26-,27+,28-,29+,30+,32-,33-,34+,35-/m0/s1. The number of aliphatic hydroxyl groups excluding tert-OH is 3. The molecule has 4 fully saturated rings. The van der Waals surface area contributed by atoms with Crippen LogP contribution in [0.2, 0.25) is 0 Å². The van der Waals surface area contributed by atoms with E-state index in [0.29, 0.717) is 18.0 Å². The van der Waals surface area contributed by atoms with E-state index >= 15 is 0 Å². The number of carbonyl (C=O) groups is 1. The maximum Gasteiger partial charge on any atom is 0.251 e. The van der Waals surface area contributed by atoms with E-state index in [1.807, 2.05) is 19.1 Å². The molecule has 5 N–H and O–H groups in total. The van der Waals surface area contributed by atoms with Gasteiger partial charge in [0.15, 0.2) is 6.29 Å². The molecule has 1 aromatic carbocycles. The molecule has 1 heterocycles. The zero-order chi connectivity index (χ0) is 30.7. The lowest BCUT2D eigenvalue weighted by Gasteiger charge is -2.62. The zero-order valence-corrected chi connectivity index (χ0v) is 26.2. The van der Waals surface area contributed by atoms with E-state index in [1.165, 1.54) is 11.1 Å². The maximum absolute atomic E-state index is 12.7. The van der Waals surface area contributed by atoms with Gasteiger partial charge in [0, 0.05) is 17.5 Å². The second-order valence-electron chi connectivity index (χ2n) is 14.6. The third-order valence-corrected chi connectivity index (χ3v) is 12.5. The van der Waals surface area contributed by atoms with E-state index in [-0.39, 0.29) is 34.7 Å². The van der Waals surface area contributed by atoms with Crippen molar-refractivity contribution in [2.45, 2.75) is 134 Å². The van der Waals surface area contributed by atoms with Crippen LogP contribution in [0.15, 0.2) is 35.9 Å². The number of amides is 1. The molecule has 0 spiro atoms. The quantitative estimate of drug-likeness (QED) is 0.311. The van der Waals surface area contributed by atoms with Gasteiger partial charge in [-0.05, 0) is 106 Å². The number of rotatable bonds is 6. The van der Waals surface area contributed by atoms with Crippen molar-refractivity contribution in [1.29, 1.82) is 0 Å². The van der Waals surface area contributed by atoms with Gasteiger partial charge in [-0.3, -0.25) is 4.79 Å². The first-order valence-electron chi connectivity index (χ1n) is 16.6. The van der Waals surface area contributed by atoms with E-state index < -0.39 is 36.3 Å². The molecule has 3 saturated carbocycles. The Morgan fingerprint density at radius 3 is 2.58 bits per heavy atom. The summed E-state index contributed by atoms with van der Waals surface area (Å²) in [6.45, 7) is 9.05. The topological polar surface area (TPSA) is 128 Å². The third-order valence-electron chi connectivity index (χ3n) is 12.5. The Hall–Kier alpha value is -1.81. The van der Waals surface area contributed by atoms with Gasteiger partial charge in [-0.1, -0.05) is 44.6 Å². The summed E-state index contributed by atoms with van der Waals surface area (Å²) in [6.07, 6.45) is 4.75. The molecule has 43 heavy (non-hydrogen) atoms. The lowest BCUT2D eigenvalue weighted by molar-refractivity contribution is -0.301. The first kappa shape index (κ1) is 31.2. The van der Waals surface area contributed by atoms with Gasteiger partial charge in [-0.2, -0.15) is 0 Å². The van der Waals surface area contributed by atoms with Crippen LogP contribution in [-0.2, 0) is 9.47 Å². The van der Waals surface area contributed by atoms with Gasteiger partial charge < -0.3 is 35.2 Å². The minimum Gasteiger partial charge on any atom is -0.389 e. The summed E-state index contributed by atoms with van der Waals surface area (Å²) >= 11 is 0. The van der Waals surface area contributed by atoms with Gasteiger partial charge >= 0.3 is 0 Å². The number of nitrogens with one attached hydrogen (secondary N) is 1. The van der Waals surface area contributed by atoms with Crippen LogP contribution < -0.4 is 5.32 Å². The molecule has 12 atom stereocenters. The average Bonchev–Trinajstić information content (AvgIpc) is 3.28. The number of hydrogen-bond acceptors (Lipinski definition) is 7. The Bertz CT molecular complexity index is 1240. The van der Waals surface area contributed by atoms with Crippen molar-refractivity contribution < 1.29 is 34.7 Å². The summed E-state index contributed by atoms with van der Waals surface area (Å²) < 4.78 is 11.9. The van der Waals surface area contributed by atoms with Crippen LogP contribution in [0, 0.1) is 22.7 Å². The maximum atomic E-state index is 12.7. The van der Waals surface area contributed by atoms with Crippen LogP contribution in [-0.4, -0.2) is 75.3 Å². The van der Waals surface area contributed by atoms with Crippen molar-refractivity contribution in [2.24, 2.45) is 22.7 Å².